The summed E-state index contributed by atoms with van der Waals surface area (Å²) in [7, 11) is 0. The Morgan fingerprint density at radius 3 is 2.69 bits per heavy atom. The normalized spacial score (nSPS) is 10.6. The first-order valence-electron chi connectivity index (χ1n) is 8.12. The maximum atomic E-state index is 12.4. The third-order valence-corrected chi connectivity index (χ3v) is 4.06. The van der Waals surface area contributed by atoms with E-state index in [1.54, 1.807) is 31.4 Å². The van der Waals surface area contributed by atoms with Gasteiger partial charge in [-0.2, -0.15) is 0 Å². The molecular formula is C19H19ClN4O2. The Bertz CT molecular complexity index is 916. The van der Waals surface area contributed by atoms with Gasteiger partial charge in [-0.25, -0.2) is 9.97 Å². The van der Waals surface area contributed by atoms with Crippen molar-refractivity contribution in [1.82, 2.24) is 15.3 Å². The molecule has 0 aliphatic carbocycles. The van der Waals surface area contributed by atoms with Crippen molar-refractivity contribution >= 4 is 29.0 Å². The molecule has 0 spiro atoms. The summed E-state index contributed by atoms with van der Waals surface area (Å²) in [5, 5.41) is 6.56. The Balaban J connectivity index is 1.80. The van der Waals surface area contributed by atoms with E-state index in [9.17, 15) is 4.79 Å². The fraction of sp³-hybridized carbons (Fsp3) is 0.211. The van der Waals surface area contributed by atoms with Crippen LogP contribution in [0.4, 0.5) is 11.5 Å². The Morgan fingerprint density at radius 1 is 1.19 bits per heavy atom. The molecule has 0 atom stereocenters. The lowest BCUT2D eigenvalue weighted by molar-refractivity contribution is 0.0942. The zero-order valence-electron chi connectivity index (χ0n) is 14.8. The van der Waals surface area contributed by atoms with Crippen LogP contribution in [0.1, 0.15) is 33.2 Å². The highest BCUT2D eigenvalue weighted by Gasteiger charge is 2.13. The summed E-state index contributed by atoms with van der Waals surface area (Å²) in [4.78, 5) is 20.9. The molecular weight excluding hydrogens is 352 g/mol. The van der Waals surface area contributed by atoms with Crippen molar-refractivity contribution < 1.29 is 9.21 Å². The number of carbonyl (C=O) groups excluding carboxylic acids is 1. The van der Waals surface area contributed by atoms with Crippen molar-refractivity contribution in [3.8, 4) is 0 Å². The minimum atomic E-state index is -0.304. The lowest BCUT2D eigenvalue weighted by Crippen LogP contribution is -2.24. The van der Waals surface area contributed by atoms with Gasteiger partial charge in [-0.05, 0) is 50.1 Å². The number of hydrogen-bond acceptors (Lipinski definition) is 5. The van der Waals surface area contributed by atoms with E-state index in [2.05, 4.69) is 20.6 Å². The molecule has 2 N–H and O–H groups in total. The number of rotatable bonds is 5. The molecule has 0 aliphatic rings. The maximum absolute atomic E-state index is 12.4. The summed E-state index contributed by atoms with van der Waals surface area (Å²) in [6.07, 6.45) is 1.56. The third kappa shape index (κ3) is 4.21. The van der Waals surface area contributed by atoms with Crippen LogP contribution >= 0.6 is 11.6 Å². The molecule has 3 rings (SSSR count). The lowest BCUT2D eigenvalue weighted by atomic mass is 10.1. The SMILES string of the molecule is Cc1cc(C)c(Nc2cc(C(=O)NCc3ccco3)nc(C)n2)c(Cl)c1. The van der Waals surface area contributed by atoms with Gasteiger partial charge in [0.05, 0.1) is 23.5 Å². The molecule has 0 radical (unpaired) electrons. The molecule has 26 heavy (non-hydrogen) atoms. The largest absolute Gasteiger partial charge is 0.467 e. The van der Waals surface area contributed by atoms with Crippen LogP contribution in [-0.2, 0) is 6.54 Å². The molecule has 3 aromatic rings. The van der Waals surface area contributed by atoms with Gasteiger partial charge in [0.1, 0.15) is 23.1 Å². The van der Waals surface area contributed by atoms with Crippen molar-refractivity contribution in [2.45, 2.75) is 27.3 Å². The van der Waals surface area contributed by atoms with Crippen LogP contribution < -0.4 is 10.6 Å². The van der Waals surface area contributed by atoms with Crippen molar-refractivity contribution in [2.75, 3.05) is 5.32 Å². The zero-order chi connectivity index (χ0) is 18.7. The summed E-state index contributed by atoms with van der Waals surface area (Å²) in [5.41, 5.74) is 3.11. The van der Waals surface area contributed by atoms with Crippen LogP contribution in [0, 0.1) is 20.8 Å². The van der Waals surface area contributed by atoms with Gasteiger partial charge in [-0.3, -0.25) is 4.79 Å². The second-order valence-corrected chi connectivity index (χ2v) is 6.42. The van der Waals surface area contributed by atoms with Crippen LogP contribution in [-0.4, -0.2) is 15.9 Å². The molecule has 0 saturated carbocycles. The van der Waals surface area contributed by atoms with Gasteiger partial charge in [-0.1, -0.05) is 17.7 Å². The molecule has 2 heterocycles. The summed E-state index contributed by atoms with van der Waals surface area (Å²) < 4.78 is 5.21. The Morgan fingerprint density at radius 2 is 2.00 bits per heavy atom. The summed E-state index contributed by atoms with van der Waals surface area (Å²) in [6, 6.07) is 9.06. The van der Waals surface area contributed by atoms with Crippen LogP contribution in [0.5, 0.6) is 0 Å². The predicted octanol–water partition coefficient (Wildman–Crippen LogP) is 4.32. The molecule has 1 amide bonds. The fourth-order valence-electron chi connectivity index (χ4n) is 2.62. The highest BCUT2D eigenvalue weighted by Crippen LogP contribution is 2.29. The van der Waals surface area contributed by atoms with Crippen molar-refractivity contribution in [2.24, 2.45) is 0 Å². The number of amides is 1. The van der Waals surface area contributed by atoms with E-state index in [-0.39, 0.29) is 11.6 Å². The van der Waals surface area contributed by atoms with Gasteiger partial charge in [-0.15, -0.1) is 0 Å². The summed E-state index contributed by atoms with van der Waals surface area (Å²) >= 11 is 6.34. The van der Waals surface area contributed by atoms with Crippen LogP contribution in [0.3, 0.4) is 0 Å². The number of halogens is 1. The van der Waals surface area contributed by atoms with Crippen molar-refractivity contribution in [3.63, 3.8) is 0 Å². The van der Waals surface area contributed by atoms with E-state index in [1.807, 2.05) is 26.0 Å². The number of furan rings is 1. The highest BCUT2D eigenvalue weighted by atomic mass is 35.5. The first-order chi connectivity index (χ1) is 12.4. The molecule has 7 heteroatoms. The van der Waals surface area contributed by atoms with E-state index in [1.165, 1.54) is 0 Å². The summed E-state index contributed by atoms with van der Waals surface area (Å²) in [6.45, 7) is 5.98. The number of aromatic nitrogens is 2. The minimum absolute atomic E-state index is 0.271. The average Bonchev–Trinajstić information content (AvgIpc) is 3.09. The van der Waals surface area contributed by atoms with E-state index >= 15 is 0 Å². The standard InChI is InChI=1S/C19H19ClN4O2/c1-11-7-12(2)18(15(20)8-11)24-17-9-16(22-13(3)23-17)19(25)21-10-14-5-4-6-26-14/h4-9H,10H2,1-3H3,(H,21,25)(H,22,23,24). The van der Waals surface area contributed by atoms with E-state index in [4.69, 9.17) is 16.0 Å². The van der Waals surface area contributed by atoms with Gasteiger partial charge in [0.25, 0.3) is 5.91 Å². The number of carbonyl (C=O) groups is 1. The smallest absolute Gasteiger partial charge is 0.270 e. The van der Waals surface area contributed by atoms with Crippen LogP contribution in [0.25, 0.3) is 0 Å². The van der Waals surface area contributed by atoms with Gasteiger partial charge < -0.3 is 15.1 Å². The monoisotopic (exact) mass is 370 g/mol. The molecule has 2 aromatic heterocycles. The Kier molecular flexibility index (Phi) is 5.23. The van der Waals surface area contributed by atoms with E-state index < -0.39 is 0 Å². The average molecular weight is 371 g/mol. The number of nitrogens with one attached hydrogen (secondary N) is 2. The van der Waals surface area contributed by atoms with Crippen molar-refractivity contribution in [1.29, 1.82) is 0 Å². The van der Waals surface area contributed by atoms with Gasteiger partial charge in [0, 0.05) is 6.07 Å². The Labute approximate surface area is 156 Å². The van der Waals surface area contributed by atoms with E-state index in [0.29, 0.717) is 29.0 Å². The molecule has 134 valence electrons. The number of nitrogens with zero attached hydrogens (tertiary/aromatic N) is 2. The molecule has 0 unspecified atom stereocenters. The second-order valence-electron chi connectivity index (χ2n) is 6.01. The van der Waals surface area contributed by atoms with Crippen molar-refractivity contribution in [3.05, 3.63) is 70.0 Å². The highest BCUT2D eigenvalue weighted by molar-refractivity contribution is 6.33. The van der Waals surface area contributed by atoms with Gasteiger partial charge in [0.2, 0.25) is 0 Å². The number of benzene rings is 1. The van der Waals surface area contributed by atoms with E-state index in [0.717, 1.165) is 16.8 Å². The van der Waals surface area contributed by atoms with Gasteiger partial charge in [0.15, 0.2) is 0 Å². The predicted molar refractivity (Wildman–Crippen MR) is 101 cm³/mol. The molecule has 0 bridgehead atoms. The van der Waals surface area contributed by atoms with Crippen LogP contribution in [0.2, 0.25) is 5.02 Å². The number of anilines is 2. The summed E-state index contributed by atoms with van der Waals surface area (Å²) in [5.74, 6) is 1.36. The Hall–Kier alpha value is -2.86. The van der Waals surface area contributed by atoms with Gasteiger partial charge >= 0.3 is 0 Å². The molecule has 0 aliphatic heterocycles. The molecule has 6 nitrogen and oxygen atoms in total. The zero-order valence-corrected chi connectivity index (χ0v) is 15.5. The molecule has 0 saturated heterocycles. The molecule has 0 fully saturated rings. The second kappa shape index (κ2) is 7.58. The third-order valence-electron chi connectivity index (χ3n) is 3.76. The first kappa shape index (κ1) is 17.9. The first-order valence-corrected chi connectivity index (χ1v) is 8.50. The minimum Gasteiger partial charge on any atom is -0.467 e. The fourth-order valence-corrected chi connectivity index (χ4v) is 2.99. The molecule has 1 aromatic carbocycles. The topological polar surface area (TPSA) is 80.0 Å². The quantitative estimate of drug-likeness (QED) is 0.699. The van der Waals surface area contributed by atoms with Crippen LogP contribution in [0.15, 0.2) is 41.0 Å². The maximum Gasteiger partial charge on any atom is 0.270 e. The lowest BCUT2D eigenvalue weighted by Gasteiger charge is -2.13. The number of aryl methyl sites for hydroxylation is 3. The number of hydrogen-bond donors (Lipinski definition) is 2.